The molecule has 9 nitrogen and oxygen atoms in total. The molecule has 1 saturated heterocycles. The number of benzene rings is 1. The third-order valence-electron chi connectivity index (χ3n) is 4.99. The van der Waals surface area contributed by atoms with Crippen molar-refractivity contribution in [3.63, 3.8) is 0 Å². The second kappa shape index (κ2) is 9.62. The summed E-state index contributed by atoms with van der Waals surface area (Å²) < 4.78 is 5.52. The Morgan fingerprint density at radius 1 is 1.10 bits per heavy atom. The predicted octanol–water partition coefficient (Wildman–Crippen LogP) is 0.645. The number of unbranched alkanes of at least 4 members (excludes halogenated alkanes) is 1. The summed E-state index contributed by atoms with van der Waals surface area (Å²) >= 11 is 0. The van der Waals surface area contributed by atoms with Crippen LogP contribution in [0, 0.1) is 0 Å². The van der Waals surface area contributed by atoms with Crippen LogP contribution in [0.25, 0.3) is 0 Å². The number of hydrogen-bond acceptors (Lipinski definition) is 7. The number of nitrogens with one attached hydrogen (secondary N) is 2. The lowest BCUT2D eigenvalue weighted by Crippen LogP contribution is -2.54. The minimum absolute atomic E-state index is 0.0974. The first-order valence-electron chi connectivity index (χ1n) is 9.91. The Hall–Kier alpha value is -2.78. The number of piperidine rings is 1. The van der Waals surface area contributed by atoms with Gasteiger partial charge in [0.15, 0.2) is 0 Å². The molecule has 0 aromatic heterocycles. The Morgan fingerprint density at radius 2 is 1.90 bits per heavy atom. The minimum Gasteiger partial charge on any atom is -0.384 e. The molecule has 4 N–H and O–H groups in total. The summed E-state index contributed by atoms with van der Waals surface area (Å²) in [7, 11) is 0. The highest BCUT2D eigenvalue weighted by molar-refractivity contribution is 6.25. The van der Waals surface area contributed by atoms with E-state index >= 15 is 0 Å². The van der Waals surface area contributed by atoms with Gasteiger partial charge in [0, 0.05) is 31.9 Å². The van der Waals surface area contributed by atoms with Gasteiger partial charge in [0.1, 0.15) is 6.04 Å². The molecule has 2 heterocycles. The van der Waals surface area contributed by atoms with Crippen LogP contribution in [0.2, 0.25) is 0 Å². The molecule has 2 aliphatic rings. The molecule has 2 aliphatic heterocycles. The number of ether oxygens (including phenoxy) is 1. The van der Waals surface area contributed by atoms with Gasteiger partial charge in [0.05, 0.1) is 11.1 Å². The van der Waals surface area contributed by atoms with E-state index in [4.69, 9.17) is 10.5 Å². The van der Waals surface area contributed by atoms with Gasteiger partial charge in [0.2, 0.25) is 11.8 Å². The van der Waals surface area contributed by atoms with Gasteiger partial charge in [-0.1, -0.05) is 6.07 Å². The molecule has 1 aromatic rings. The van der Waals surface area contributed by atoms with Crippen molar-refractivity contribution in [3.05, 3.63) is 29.3 Å². The number of carbonyl (C=O) groups excluding carboxylic acids is 4. The maximum Gasteiger partial charge on any atom is 0.264 e. The maximum atomic E-state index is 13.0. The van der Waals surface area contributed by atoms with E-state index in [1.54, 1.807) is 18.2 Å². The zero-order valence-corrected chi connectivity index (χ0v) is 16.2. The second-order valence-electron chi connectivity index (χ2n) is 7.06. The highest BCUT2D eigenvalue weighted by Gasteiger charge is 2.45. The number of imide groups is 2. The summed E-state index contributed by atoms with van der Waals surface area (Å²) in [5.41, 5.74) is 6.52. The monoisotopic (exact) mass is 402 g/mol. The van der Waals surface area contributed by atoms with Crippen molar-refractivity contribution in [1.82, 2.24) is 10.2 Å². The van der Waals surface area contributed by atoms with E-state index in [0.717, 1.165) is 24.2 Å². The van der Waals surface area contributed by atoms with E-state index in [0.29, 0.717) is 32.0 Å². The number of hydrogen-bond donors (Lipinski definition) is 3. The van der Waals surface area contributed by atoms with E-state index in [-0.39, 0.29) is 24.0 Å². The van der Waals surface area contributed by atoms with Crippen molar-refractivity contribution in [2.45, 2.75) is 38.1 Å². The molecule has 1 atom stereocenters. The summed E-state index contributed by atoms with van der Waals surface area (Å²) in [5, 5.41) is 5.38. The summed E-state index contributed by atoms with van der Waals surface area (Å²) in [6, 6.07) is 4.05. The van der Waals surface area contributed by atoms with Gasteiger partial charge in [0.25, 0.3) is 11.8 Å². The zero-order valence-electron chi connectivity index (χ0n) is 16.2. The lowest BCUT2D eigenvalue weighted by atomic mass is 10.0. The topological polar surface area (TPSA) is 131 Å². The minimum atomic E-state index is -0.963. The van der Waals surface area contributed by atoms with Crippen LogP contribution in [-0.4, -0.2) is 60.9 Å². The number of fused-ring (bicyclic) bond motifs is 1. The fourth-order valence-corrected chi connectivity index (χ4v) is 3.51. The third kappa shape index (κ3) is 4.63. The van der Waals surface area contributed by atoms with Crippen molar-refractivity contribution >= 4 is 29.3 Å². The predicted molar refractivity (Wildman–Crippen MR) is 105 cm³/mol. The van der Waals surface area contributed by atoms with E-state index in [1.165, 1.54) is 0 Å². The van der Waals surface area contributed by atoms with Crippen LogP contribution in [0.15, 0.2) is 18.2 Å². The lowest BCUT2D eigenvalue weighted by Gasteiger charge is -2.27. The van der Waals surface area contributed by atoms with Crippen LogP contribution in [0.1, 0.15) is 52.8 Å². The van der Waals surface area contributed by atoms with Gasteiger partial charge in [-0.25, -0.2) is 0 Å². The molecule has 0 saturated carbocycles. The van der Waals surface area contributed by atoms with Gasteiger partial charge in [-0.05, 0) is 44.4 Å². The Labute approximate surface area is 168 Å². The van der Waals surface area contributed by atoms with Crippen molar-refractivity contribution < 1.29 is 23.9 Å². The zero-order chi connectivity index (χ0) is 20.8. The standard InChI is InChI=1S/C20H26N4O5/c21-9-1-2-11-29-12-4-10-22-14-6-3-5-13-17(14)20(28)24(19(13)27)15-7-8-16(25)23-18(15)26/h3,5-6,15,22H,1-2,4,7-12,21H2,(H,23,25,26). The normalized spacial score (nSPS) is 18.8. The van der Waals surface area contributed by atoms with Gasteiger partial charge >= 0.3 is 0 Å². The quantitative estimate of drug-likeness (QED) is 0.387. The van der Waals surface area contributed by atoms with Crippen LogP contribution in [-0.2, 0) is 14.3 Å². The van der Waals surface area contributed by atoms with Gasteiger partial charge in [-0.3, -0.25) is 29.4 Å². The highest BCUT2D eigenvalue weighted by atomic mass is 16.5. The summed E-state index contributed by atoms with van der Waals surface area (Å²) in [6.45, 7) is 2.49. The second-order valence-corrected chi connectivity index (χ2v) is 7.06. The number of carbonyl (C=O) groups is 4. The molecule has 1 unspecified atom stereocenters. The molecular formula is C20H26N4O5. The molecular weight excluding hydrogens is 376 g/mol. The van der Waals surface area contributed by atoms with Gasteiger partial charge in [-0.15, -0.1) is 0 Å². The van der Waals surface area contributed by atoms with E-state index in [2.05, 4.69) is 10.6 Å². The molecule has 0 aliphatic carbocycles. The van der Waals surface area contributed by atoms with Crippen LogP contribution >= 0.6 is 0 Å². The highest BCUT2D eigenvalue weighted by Crippen LogP contribution is 2.32. The Morgan fingerprint density at radius 3 is 2.66 bits per heavy atom. The van der Waals surface area contributed by atoms with E-state index in [1.807, 2.05) is 0 Å². The van der Waals surface area contributed by atoms with Crippen LogP contribution < -0.4 is 16.4 Å². The first kappa shape index (κ1) is 20.9. The summed E-state index contributed by atoms with van der Waals surface area (Å²) in [4.78, 5) is 50.2. The molecule has 0 radical (unpaired) electrons. The van der Waals surface area contributed by atoms with Crippen molar-refractivity contribution in [3.8, 4) is 0 Å². The SMILES string of the molecule is NCCCCOCCCNc1cccc2c1C(=O)N(C1CCC(=O)NC1=O)C2=O. The smallest absolute Gasteiger partial charge is 0.264 e. The first-order chi connectivity index (χ1) is 14.0. The van der Waals surface area contributed by atoms with E-state index < -0.39 is 29.7 Å². The average Bonchev–Trinajstić information content (AvgIpc) is 2.95. The van der Waals surface area contributed by atoms with Crippen molar-refractivity contribution in [2.75, 3.05) is 31.6 Å². The molecule has 9 heteroatoms. The number of nitrogens with zero attached hydrogens (tertiary/aromatic N) is 1. The maximum absolute atomic E-state index is 13.0. The fourth-order valence-electron chi connectivity index (χ4n) is 3.51. The number of amides is 4. The molecule has 0 spiro atoms. The Balaban J connectivity index is 1.61. The van der Waals surface area contributed by atoms with Gasteiger partial charge < -0.3 is 15.8 Å². The van der Waals surface area contributed by atoms with Crippen LogP contribution in [0.5, 0.6) is 0 Å². The summed E-state index contributed by atoms with van der Waals surface area (Å²) in [6.07, 6.45) is 2.85. The lowest BCUT2D eigenvalue weighted by molar-refractivity contribution is -0.136. The largest absolute Gasteiger partial charge is 0.384 e. The number of rotatable bonds is 10. The van der Waals surface area contributed by atoms with Crippen molar-refractivity contribution in [2.24, 2.45) is 5.73 Å². The molecule has 0 bridgehead atoms. The molecule has 156 valence electrons. The molecule has 3 rings (SSSR count). The molecule has 1 fully saturated rings. The molecule has 1 aromatic carbocycles. The number of anilines is 1. The Kier molecular flexibility index (Phi) is 6.95. The van der Waals surface area contributed by atoms with Crippen molar-refractivity contribution in [1.29, 1.82) is 0 Å². The molecule has 4 amide bonds. The summed E-state index contributed by atoms with van der Waals surface area (Å²) in [5.74, 6) is -2.03. The van der Waals surface area contributed by atoms with Crippen LogP contribution in [0.3, 0.4) is 0 Å². The third-order valence-corrected chi connectivity index (χ3v) is 4.99. The number of nitrogens with two attached hydrogens (primary N) is 1. The fraction of sp³-hybridized carbons (Fsp3) is 0.500. The van der Waals surface area contributed by atoms with Gasteiger partial charge in [-0.2, -0.15) is 0 Å². The first-order valence-corrected chi connectivity index (χ1v) is 9.91. The van der Waals surface area contributed by atoms with E-state index in [9.17, 15) is 19.2 Å². The molecule has 29 heavy (non-hydrogen) atoms. The Bertz CT molecular complexity index is 810. The van der Waals surface area contributed by atoms with Crippen LogP contribution in [0.4, 0.5) is 5.69 Å². The average molecular weight is 402 g/mol.